The third-order valence-electron chi connectivity index (χ3n) is 5.99. The molecule has 0 bridgehead atoms. The molecule has 35 heavy (non-hydrogen) atoms. The van der Waals surface area contributed by atoms with Crippen molar-refractivity contribution in [2.24, 2.45) is 0 Å². The third kappa shape index (κ3) is 6.42. The number of sulfonamides is 1. The summed E-state index contributed by atoms with van der Waals surface area (Å²) >= 11 is 6.11. The Bertz CT molecular complexity index is 1310. The smallest absolute Gasteiger partial charge is 0.247 e. The predicted molar refractivity (Wildman–Crippen MR) is 139 cm³/mol. The van der Waals surface area contributed by atoms with Crippen LogP contribution in [0.5, 0.6) is 5.75 Å². The number of hydrogen-bond acceptors (Lipinski definition) is 4. The van der Waals surface area contributed by atoms with E-state index in [1.807, 2.05) is 58.0 Å². The molecule has 0 saturated heterocycles. The van der Waals surface area contributed by atoms with Crippen molar-refractivity contribution >= 4 is 27.5 Å². The van der Waals surface area contributed by atoms with Gasteiger partial charge in [0, 0.05) is 11.6 Å². The molecule has 0 spiro atoms. The van der Waals surface area contributed by atoms with E-state index in [4.69, 9.17) is 16.3 Å². The normalized spacial score (nSPS) is 12.4. The Hall–Kier alpha value is -2.87. The van der Waals surface area contributed by atoms with Crippen molar-refractivity contribution in [1.82, 2.24) is 9.62 Å². The number of methoxy groups -OCH3 is 1. The molecule has 8 heteroatoms. The Morgan fingerprint density at radius 1 is 1.00 bits per heavy atom. The molecule has 3 rings (SSSR count). The largest absolute Gasteiger partial charge is 0.495 e. The number of carbonyl (C=O) groups is 1. The minimum absolute atomic E-state index is 0.0172. The van der Waals surface area contributed by atoms with Crippen LogP contribution in [0.1, 0.15) is 40.8 Å². The van der Waals surface area contributed by atoms with E-state index in [0.717, 1.165) is 26.6 Å². The molecule has 0 radical (unpaired) electrons. The number of amides is 1. The van der Waals surface area contributed by atoms with E-state index < -0.39 is 15.9 Å². The van der Waals surface area contributed by atoms with Crippen LogP contribution >= 0.6 is 11.6 Å². The molecular formula is C27H31ClN2O4S. The van der Waals surface area contributed by atoms with Crippen LogP contribution in [0, 0.1) is 20.8 Å². The first-order chi connectivity index (χ1) is 16.5. The van der Waals surface area contributed by atoms with Gasteiger partial charge in [0.2, 0.25) is 15.9 Å². The van der Waals surface area contributed by atoms with E-state index in [1.165, 1.54) is 24.8 Å². The highest BCUT2D eigenvalue weighted by Crippen LogP contribution is 2.30. The fraction of sp³-hybridized carbons (Fsp3) is 0.296. The number of nitrogens with zero attached hydrogens (tertiary/aromatic N) is 1. The fourth-order valence-corrected chi connectivity index (χ4v) is 5.78. The van der Waals surface area contributed by atoms with Gasteiger partial charge < -0.3 is 10.1 Å². The average molecular weight is 515 g/mol. The molecule has 3 aromatic carbocycles. The van der Waals surface area contributed by atoms with E-state index in [9.17, 15) is 13.2 Å². The van der Waals surface area contributed by atoms with Crippen molar-refractivity contribution in [3.63, 3.8) is 0 Å². The minimum atomic E-state index is -4.12. The highest BCUT2D eigenvalue weighted by molar-refractivity contribution is 7.89. The van der Waals surface area contributed by atoms with Crippen molar-refractivity contribution in [3.8, 4) is 5.75 Å². The number of aryl methyl sites for hydroxylation is 3. The summed E-state index contributed by atoms with van der Waals surface area (Å²) in [7, 11) is -2.72. The van der Waals surface area contributed by atoms with Crippen LogP contribution in [0.4, 0.5) is 0 Å². The highest BCUT2D eigenvalue weighted by Gasteiger charge is 2.30. The van der Waals surface area contributed by atoms with Gasteiger partial charge in [-0.15, -0.1) is 0 Å². The standard InChI is InChI=1S/C27H31ClN2O4S/c1-18-13-20(3)24(14-19(18)2)21(4)29-27(31)17-30(16-22-9-7-6-8-10-22)35(32,33)26-15-23(28)11-12-25(26)34-5/h6-15,21H,16-17H2,1-5H3,(H,29,31)/t21-/m1/s1. The average Bonchev–Trinajstić information content (AvgIpc) is 2.81. The summed E-state index contributed by atoms with van der Waals surface area (Å²) in [5.74, 6) is -0.248. The summed E-state index contributed by atoms with van der Waals surface area (Å²) in [4.78, 5) is 13.0. The summed E-state index contributed by atoms with van der Waals surface area (Å²) < 4.78 is 33.8. The molecule has 0 aliphatic carbocycles. The fourth-order valence-electron chi connectivity index (χ4n) is 3.98. The third-order valence-corrected chi connectivity index (χ3v) is 8.04. The maximum Gasteiger partial charge on any atom is 0.247 e. The molecule has 6 nitrogen and oxygen atoms in total. The molecule has 0 aliphatic rings. The molecule has 1 N–H and O–H groups in total. The molecule has 3 aromatic rings. The van der Waals surface area contributed by atoms with Crippen LogP contribution < -0.4 is 10.1 Å². The summed E-state index contributed by atoms with van der Waals surface area (Å²) in [6.07, 6.45) is 0. The lowest BCUT2D eigenvalue weighted by molar-refractivity contribution is -0.122. The second-order valence-corrected chi connectivity index (χ2v) is 11.0. The number of ether oxygens (including phenoxy) is 1. The van der Waals surface area contributed by atoms with E-state index in [0.29, 0.717) is 0 Å². The molecule has 186 valence electrons. The van der Waals surface area contributed by atoms with Crippen LogP contribution in [-0.2, 0) is 21.4 Å². The van der Waals surface area contributed by atoms with Gasteiger partial charge in [0.1, 0.15) is 10.6 Å². The van der Waals surface area contributed by atoms with Crippen LogP contribution in [-0.4, -0.2) is 32.3 Å². The summed E-state index contributed by atoms with van der Waals surface area (Å²) in [5.41, 5.74) is 5.13. The SMILES string of the molecule is COc1ccc(Cl)cc1S(=O)(=O)N(CC(=O)N[C@H](C)c1cc(C)c(C)cc1C)Cc1ccccc1. The second kappa shape index (κ2) is 11.2. The zero-order chi connectivity index (χ0) is 25.8. The van der Waals surface area contributed by atoms with Gasteiger partial charge >= 0.3 is 0 Å². The van der Waals surface area contributed by atoms with Gasteiger partial charge in [-0.2, -0.15) is 4.31 Å². The number of halogens is 1. The first-order valence-electron chi connectivity index (χ1n) is 11.3. The van der Waals surface area contributed by atoms with Gasteiger partial charge in [-0.25, -0.2) is 8.42 Å². The van der Waals surface area contributed by atoms with Crippen molar-refractivity contribution < 1.29 is 17.9 Å². The predicted octanol–water partition coefficient (Wildman–Crippen LogP) is 5.34. The van der Waals surface area contributed by atoms with Gasteiger partial charge in [-0.3, -0.25) is 4.79 Å². The molecule has 0 aliphatic heterocycles. The Balaban J connectivity index is 1.91. The zero-order valence-corrected chi connectivity index (χ0v) is 22.2. The lowest BCUT2D eigenvalue weighted by Gasteiger charge is -2.25. The van der Waals surface area contributed by atoms with Crippen molar-refractivity contribution in [2.45, 2.75) is 45.2 Å². The lowest BCUT2D eigenvalue weighted by Crippen LogP contribution is -2.41. The summed E-state index contributed by atoms with van der Waals surface area (Å²) in [6.45, 7) is 7.63. The molecule has 0 fully saturated rings. The van der Waals surface area contributed by atoms with Gasteiger partial charge in [0.15, 0.2) is 0 Å². The summed E-state index contributed by atoms with van der Waals surface area (Å²) in [5, 5.41) is 3.22. The van der Waals surface area contributed by atoms with E-state index >= 15 is 0 Å². The highest BCUT2D eigenvalue weighted by atomic mass is 35.5. The molecule has 0 aromatic heterocycles. The number of nitrogens with one attached hydrogen (secondary N) is 1. The Morgan fingerprint density at radius 3 is 2.31 bits per heavy atom. The monoisotopic (exact) mass is 514 g/mol. The van der Waals surface area contributed by atoms with Crippen LogP contribution in [0.2, 0.25) is 5.02 Å². The second-order valence-electron chi connectivity index (χ2n) is 8.64. The van der Waals surface area contributed by atoms with Gasteiger partial charge in [0.25, 0.3) is 0 Å². The number of rotatable bonds is 9. The van der Waals surface area contributed by atoms with Crippen molar-refractivity contribution in [3.05, 3.63) is 93.5 Å². The maximum absolute atomic E-state index is 13.7. The Morgan fingerprint density at radius 2 is 1.66 bits per heavy atom. The maximum atomic E-state index is 13.7. The van der Waals surface area contributed by atoms with Gasteiger partial charge in [0.05, 0.1) is 19.7 Å². The topological polar surface area (TPSA) is 75.7 Å². The zero-order valence-electron chi connectivity index (χ0n) is 20.6. The molecular weight excluding hydrogens is 484 g/mol. The number of benzene rings is 3. The van der Waals surface area contributed by atoms with Crippen molar-refractivity contribution in [2.75, 3.05) is 13.7 Å². The quantitative estimate of drug-likeness (QED) is 0.418. The van der Waals surface area contributed by atoms with E-state index in [1.54, 1.807) is 6.07 Å². The van der Waals surface area contributed by atoms with Crippen LogP contribution in [0.25, 0.3) is 0 Å². The summed E-state index contributed by atoms with van der Waals surface area (Å²) in [6, 6.07) is 17.4. The first kappa shape index (κ1) is 26.7. The Labute approximate surface area is 212 Å². The number of carbonyl (C=O) groups excluding carboxylic acids is 1. The minimum Gasteiger partial charge on any atom is -0.495 e. The van der Waals surface area contributed by atoms with E-state index in [-0.39, 0.29) is 34.8 Å². The van der Waals surface area contributed by atoms with Gasteiger partial charge in [-0.1, -0.05) is 54.1 Å². The molecule has 0 heterocycles. The molecule has 0 unspecified atom stereocenters. The molecule has 1 amide bonds. The van der Waals surface area contributed by atoms with Crippen LogP contribution in [0.15, 0.2) is 65.6 Å². The van der Waals surface area contributed by atoms with Gasteiger partial charge in [-0.05, 0) is 73.7 Å². The number of hydrogen-bond donors (Lipinski definition) is 1. The van der Waals surface area contributed by atoms with E-state index in [2.05, 4.69) is 17.4 Å². The Kier molecular flexibility index (Phi) is 8.59. The first-order valence-corrected chi connectivity index (χ1v) is 13.1. The van der Waals surface area contributed by atoms with Crippen LogP contribution in [0.3, 0.4) is 0 Å². The lowest BCUT2D eigenvalue weighted by atomic mass is 9.96. The van der Waals surface area contributed by atoms with Crippen molar-refractivity contribution in [1.29, 1.82) is 0 Å². The molecule has 0 saturated carbocycles. The molecule has 1 atom stereocenters.